The van der Waals surface area contributed by atoms with Crippen LogP contribution in [0.3, 0.4) is 0 Å². The third-order valence-electron chi connectivity index (χ3n) is 16.7. The Hall–Kier alpha value is -3.53. The summed E-state index contributed by atoms with van der Waals surface area (Å²) in [5.74, 6) is -2.26. The van der Waals surface area contributed by atoms with Crippen LogP contribution in [0, 0.1) is 0 Å². The molecule has 0 spiro atoms. The van der Waals surface area contributed by atoms with Crippen molar-refractivity contribution in [3.63, 3.8) is 0 Å². The minimum Gasteiger partial charge on any atom is -0.545 e. The lowest BCUT2D eigenvalue weighted by Crippen LogP contribution is -2.44. The SMILES string of the molecule is CC/C=C\C/C=C\C/C=C\C/C=C\C/C=C\C/C=C\C/C=C\CCCCCCCCCCCCCCCCCCCCCC(=O)OC(COC(=O)CCCCCCCCCCCCCCCCCCCCCCCCC)COC(OCC[N+](C)(C)C)C(=O)[O-]. The van der Waals surface area contributed by atoms with Gasteiger partial charge in [-0.25, -0.2) is 0 Å². The Morgan fingerprint density at radius 3 is 0.955 bits per heavy atom. The van der Waals surface area contributed by atoms with Crippen LogP contribution in [0.4, 0.5) is 0 Å². The maximum absolute atomic E-state index is 13.0. The van der Waals surface area contributed by atoms with Gasteiger partial charge >= 0.3 is 11.9 Å². The first-order valence-corrected chi connectivity index (χ1v) is 37.7. The molecule has 2 unspecified atom stereocenters. The third-order valence-corrected chi connectivity index (χ3v) is 16.7. The van der Waals surface area contributed by atoms with Crippen LogP contribution < -0.4 is 5.11 Å². The van der Waals surface area contributed by atoms with E-state index in [4.69, 9.17) is 18.9 Å². The van der Waals surface area contributed by atoms with Crippen molar-refractivity contribution in [3.05, 3.63) is 85.1 Å². The molecule has 0 amide bonds. The van der Waals surface area contributed by atoms with E-state index in [1.807, 2.05) is 21.1 Å². The molecule has 0 heterocycles. The molecule has 0 aliphatic rings. The average Bonchev–Trinajstić information content (AvgIpc) is 3.64. The number of hydrogen-bond donors (Lipinski definition) is 0. The molecule has 0 fully saturated rings. The molecule has 2 atom stereocenters. The van der Waals surface area contributed by atoms with E-state index in [-0.39, 0.29) is 32.2 Å². The highest BCUT2D eigenvalue weighted by atomic mass is 16.7. The summed E-state index contributed by atoms with van der Waals surface area (Å²) < 4.78 is 22.8. The Labute approximate surface area is 550 Å². The van der Waals surface area contributed by atoms with Gasteiger partial charge in [-0.1, -0.05) is 349 Å². The van der Waals surface area contributed by atoms with Crippen molar-refractivity contribution < 1.29 is 42.9 Å². The van der Waals surface area contributed by atoms with Crippen LogP contribution in [0.5, 0.6) is 0 Å². The average molecular weight is 1250 g/mol. The Morgan fingerprint density at radius 2 is 0.640 bits per heavy atom. The number of hydrogen-bond acceptors (Lipinski definition) is 8. The largest absolute Gasteiger partial charge is 0.545 e. The molecule has 0 aliphatic heterocycles. The fourth-order valence-corrected chi connectivity index (χ4v) is 10.9. The lowest BCUT2D eigenvalue weighted by molar-refractivity contribution is -0.870. The number of esters is 2. The Bertz CT molecular complexity index is 1740. The maximum atomic E-state index is 13.0. The van der Waals surface area contributed by atoms with Gasteiger partial charge in [-0.15, -0.1) is 0 Å². The zero-order valence-electron chi connectivity index (χ0n) is 59.0. The number of nitrogens with zero attached hydrogens (tertiary/aromatic N) is 1. The molecule has 0 aromatic rings. The van der Waals surface area contributed by atoms with Gasteiger partial charge in [0.15, 0.2) is 12.4 Å². The molecular formula is C80H143NO8. The number of aliphatic carboxylic acids is 1. The van der Waals surface area contributed by atoms with E-state index in [0.717, 1.165) is 77.0 Å². The number of rotatable bonds is 70. The fraction of sp³-hybridized carbons (Fsp3) is 0.787. The van der Waals surface area contributed by atoms with Crippen molar-refractivity contribution >= 4 is 17.9 Å². The lowest BCUT2D eigenvalue weighted by atomic mass is 10.0. The van der Waals surface area contributed by atoms with E-state index in [1.54, 1.807) is 0 Å². The summed E-state index contributed by atoms with van der Waals surface area (Å²) in [6.45, 7) is 4.69. The van der Waals surface area contributed by atoms with E-state index in [0.29, 0.717) is 23.9 Å². The molecule has 9 heteroatoms. The van der Waals surface area contributed by atoms with Crippen molar-refractivity contribution in [1.29, 1.82) is 0 Å². The van der Waals surface area contributed by atoms with Gasteiger partial charge in [0, 0.05) is 12.8 Å². The van der Waals surface area contributed by atoms with E-state index in [9.17, 15) is 19.5 Å². The van der Waals surface area contributed by atoms with Gasteiger partial charge in [0.25, 0.3) is 0 Å². The van der Waals surface area contributed by atoms with Gasteiger partial charge in [-0.05, 0) is 70.6 Å². The Morgan fingerprint density at radius 1 is 0.348 bits per heavy atom. The van der Waals surface area contributed by atoms with Gasteiger partial charge in [0.2, 0.25) is 0 Å². The van der Waals surface area contributed by atoms with Gasteiger partial charge in [0.05, 0.1) is 40.3 Å². The van der Waals surface area contributed by atoms with E-state index in [1.165, 1.54) is 238 Å². The predicted octanol–water partition coefficient (Wildman–Crippen LogP) is 22.5. The number of carboxylic acid groups (broad SMARTS) is 1. The molecule has 0 saturated carbocycles. The highest BCUT2D eigenvalue weighted by molar-refractivity contribution is 5.70. The Balaban J connectivity index is 4.00. The molecular weight excluding hydrogens is 1100 g/mol. The topological polar surface area (TPSA) is 111 Å². The first-order chi connectivity index (χ1) is 43.6. The molecule has 516 valence electrons. The number of carbonyl (C=O) groups is 3. The first-order valence-electron chi connectivity index (χ1n) is 37.7. The summed E-state index contributed by atoms with van der Waals surface area (Å²) in [5.41, 5.74) is 0. The van der Waals surface area contributed by atoms with Crippen molar-refractivity contribution in [2.24, 2.45) is 0 Å². The maximum Gasteiger partial charge on any atom is 0.306 e. The van der Waals surface area contributed by atoms with E-state index >= 15 is 0 Å². The van der Waals surface area contributed by atoms with Gasteiger partial charge in [-0.3, -0.25) is 9.59 Å². The monoisotopic (exact) mass is 1250 g/mol. The van der Waals surface area contributed by atoms with Crippen LogP contribution in [0.2, 0.25) is 0 Å². The number of ether oxygens (including phenoxy) is 4. The summed E-state index contributed by atoms with van der Waals surface area (Å²) in [7, 11) is 5.94. The van der Waals surface area contributed by atoms with Crippen LogP contribution in [-0.2, 0) is 33.3 Å². The second-order valence-electron chi connectivity index (χ2n) is 26.6. The molecule has 0 saturated heterocycles. The van der Waals surface area contributed by atoms with Gasteiger partial charge in [-0.2, -0.15) is 0 Å². The van der Waals surface area contributed by atoms with Crippen LogP contribution in [0.25, 0.3) is 0 Å². The second-order valence-corrected chi connectivity index (χ2v) is 26.6. The normalized spacial score (nSPS) is 13.1. The number of likely N-dealkylation sites (N-methyl/N-ethyl adjacent to an activating group) is 1. The highest BCUT2D eigenvalue weighted by Crippen LogP contribution is 2.19. The van der Waals surface area contributed by atoms with Crippen LogP contribution >= 0.6 is 0 Å². The van der Waals surface area contributed by atoms with Gasteiger partial charge in [0.1, 0.15) is 13.2 Å². The third kappa shape index (κ3) is 71.8. The predicted molar refractivity (Wildman–Crippen MR) is 380 cm³/mol. The quantitative estimate of drug-likeness (QED) is 0.0195. The number of carboxylic acids is 1. The van der Waals surface area contributed by atoms with Crippen molar-refractivity contribution in [2.45, 2.75) is 360 Å². The van der Waals surface area contributed by atoms with Crippen LogP contribution in [0.1, 0.15) is 348 Å². The molecule has 0 aromatic carbocycles. The van der Waals surface area contributed by atoms with E-state index in [2.05, 4.69) is 98.9 Å². The summed E-state index contributed by atoms with van der Waals surface area (Å²) >= 11 is 0. The van der Waals surface area contributed by atoms with Crippen LogP contribution in [-0.4, -0.2) is 82.3 Å². The van der Waals surface area contributed by atoms with Crippen molar-refractivity contribution in [1.82, 2.24) is 0 Å². The highest BCUT2D eigenvalue weighted by Gasteiger charge is 2.22. The lowest BCUT2D eigenvalue weighted by Gasteiger charge is -2.26. The van der Waals surface area contributed by atoms with Crippen molar-refractivity contribution in [2.75, 3.05) is 47.5 Å². The van der Waals surface area contributed by atoms with E-state index < -0.39 is 24.3 Å². The number of quaternary nitrogens is 1. The first kappa shape index (κ1) is 85.5. The molecule has 0 aromatic heterocycles. The van der Waals surface area contributed by atoms with Gasteiger partial charge < -0.3 is 33.3 Å². The molecule has 0 N–H and O–H groups in total. The summed E-state index contributed by atoms with van der Waals surface area (Å²) in [5, 5.41) is 11.8. The number of carbonyl (C=O) groups excluding carboxylic acids is 3. The minimum atomic E-state index is -1.62. The molecule has 0 radical (unpaired) electrons. The summed E-state index contributed by atoms with van der Waals surface area (Å²) in [6, 6.07) is 0. The van der Waals surface area contributed by atoms with Crippen molar-refractivity contribution in [3.8, 4) is 0 Å². The Kier molecular flexibility index (Phi) is 67.6. The number of allylic oxidation sites excluding steroid dienone is 14. The smallest absolute Gasteiger partial charge is 0.306 e. The second kappa shape index (κ2) is 70.3. The standard InChI is InChI=1S/C80H143NO8/c1-6-8-10-12-14-16-18-20-22-24-26-28-30-31-32-33-34-35-36-37-38-39-40-41-42-43-44-45-46-47-49-51-53-55-57-59-61-63-65-67-69-71-78(83)89-76(75-88-80(79(84)85)86-73-72-81(3,4)5)74-87-77(82)70-68-66-64-62-60-58-56-54-52-50-48-29-27-25-23-21-19-17-15-13-11-9-7-2/h8,10,14,16,20,22,26,28,31-32,34-35,37-38,76,80H,6-7,9,11-13,15,17-19,21,23-25,27,29-30,33,36,39-75H2,1-5H3/b10-8-,16-14-,22-20-,28-26-,32-31-,35-34-,38-37-. The summed E-state index contributed by atoms with van der Waals surface area (Å²) in [4.78, 5) is 37.5. The fourth-order valence-electron chi connectivity index (χ4n) is 10.9. The number of unbranched alkanes of at least 4 members (excludes halogenated alkanes) is 41. The molecule has 0 rings (SSSR count). The summed E-state index contributed by atoms with van der Waals surface area (Å²) in [6.07, 6.45) is 92.6. The minimum absolute atomic E-state index is 0.149. The molecule has 9 nitrogen and oxygen atoms in total. The zero-order valence-corrected chi connectivity index (χ0v) is 59.0. The molecule has 0 aliphatic carbocycles. The van der Waals surface area contributed by atoms with Crippen LogP contribution in [0.15, 0.2) is 85.1 Å². The molecule has 0 bridgehead atoms. The molecule has 89 heavy (non-hydrogen) atoms. The zero-order chi connectivity index (χ0) is 64.7.